The predicted molar refractivity (Wildman–Crippen MR) is 105 cm³/mol. The fourth-order valence-corrected chi connectivity index (χ4v) is 3.02. The van der Waals surface area contributed by atoms with Gasteiger partial charge in [0.15, 0.2) is 0 Å². The van der Waals surface area contributed by atoms with Crippen molar-refractivity contribution in [2.45, 2.75) is 26.3 Å². The van der Waals surface area contributed by atoms with Crippen LogP contribution in [0.25, 0.3) is 0 Å². The molecule has 0 radical (unpaired) electrons. The molecule has 0 spiro atoms. The maximum Gasteiger partial charge on any atom is 0.226 e. The van der Waals surface area contributed by atoms with E-state index >= 15 is 0 Å². The third-order valence-electron chi connectivity index (χ3n) is 4.24. The van der Waals surface area contributed by atoms with Gasteiger partial charge >= 0.3 is 0 Å². The zero-order chi connectivity index (χ0) is 18.4. The summed E-state index contributed by atoms with van der Waals surface area (Å²) in [6, 6.07) is 19.7. The maximum absolute atomic E-state index is 12.6. The van der Waals surface area contributed by atoms with Crippen LogP contribution in [0.1, 0.15) is 30.5 Å². The molecule has 1 N–H and O–H groups in total. The Bertz CT molecular complexity index is 839. The van der Waals surface area contributed by atoms with E-state index in [1.165, 1.54) is 5.56 Å². The van der Waals surface area contributed by atoms with Crippen molar-refractivity contribution in [3.8, 4) is 5.75 Å². The molecular weight excluding hydrogens is 324 g/mol. The van der Waals surface area contributed by atoms with Gasteiger partial charge in [-0.15, -0.1) is 0 Å². The number of hydrogen-bond donors (Lipinski definition) is 1. The lowest BCUT2D eigenvalue weighted by atomic mass is 10.0. The second-order valence-corrected chi connectivity index (χ2v) is 6.27. The van der Waals surface area contributed by atoms with Crippen molar-refractivity contribution >= 4 is 11.6 Å². The summed E-state index contributed by atoms with van der Waals surface area (Å²) in [4.78, 5) is 12.6. The molecule has 3 rings (SSSR count). The van der Waals surface area contributed by atoms with Crippen molar-refractivity contribution in [3.05, 3.63) is 84.2 Å². The average molecular weight is 348 g/mol. The molecule has 0 saturated heterocycles. The van der Waals surface area contributed by atoms with E-state index in [1.807, 2.05) is 61.8 Å². The van der Waals surface area contributed by atoms with E-state index in [9.17, 15) is 4.79 Å². The Morgan fingerprint density at radius 2 is 1.81 bits per heavy atom. The van der Waals surface area contributed by atoms with Gasteiger partial charge in [-0.2, -0.15) is 0 Å². The molecule has 1 aromatic heterocycles. The van der Waals surface area contributed by atoms with E-state index in [0.717, 1.165) is 17.0 Å². The number of carbonyl (C=O) groups is 1. The second kappa shape index (κ2) is 8.39. The Morgan fingerprint density at radius 1 is 1.08 bits per heavy atom. The standard InChI is InChI=1S/C22H24N2O2/c1-3-26-20-11-9-19(10-12-20)23-22(25)16-21(24-13-4-5-14-24)18-8-6-7-17(2)15-18/h4-15,21H,3,16H2,1-2H3,(H,23,25). The minimum absolute atomic E-state index is 0.0191. The molecule has 0 aliphatic rings. The van der Waals surface area contributed by atoms with Crippen molar-refractivity contribution in [2.75, 3.05) is 11.9 Å². The summed E-state index contributed by atoms with van der Waals surface area (Å²) in [5.41, 5.74) is 3.09. The molecular formula is C22H24N2O2. The smallest absolute Gasteiger partial charge is 0.226 e. The van der Waals surface area contributed by atoms with Gasteiger partial charge in [0.1, 0.15) is 5.75 Å². The lowest BCUT2D eigenvalue weighted by molar-refractivity contribution is -0.116. The van der Waals surface area contributed by atoms with Crippen molar-refractivity contribution in [1.29, 1.82) is 0 Å². The summed E-state index contributed by atoms with van der Waals surface area (Å²) in [7, 11) is 0. The lowest BCUT2D eigenvalue weighted by Crippen LogP contribution is -2.19. The number of ether oxygens (including phenoxy) is 1. The number of nitrogens with zero attached hydrogens (tertiary/aromatic N) is 1. The van der Waals surface area contributed by atoms with Gasteiger partial charge in [-0.3, -0.25) is 4.79 Å². The van der Waals surface area contributed by atoms with Gasteiger partial charge in [0.2, 0.25) is 5.91 Å². The molecule has 1 atom stereocenters. The van der Waals surface area contributed by atoms with Crippen LogP contribution in [0.2, 0.25) is 0 Å². The van der Waals surface area contributed by atoms with E-state index in [2.05, 4.69) is 35.0 Å². The van der Waals surface area contributed by atoms with E-state index in [0.29, 0.717) is 13.0 Å². The minimum Gasteiger partial charge on any atom is -0.494 e. The third-order valence-corrected chi connectivity index (χ3v) is 4.24. The Kier molecular flexibility index (Phi) is 5.74. The normalized spacial score (nSPS) is 11.8. The Morgan fingerprint density at radius 3 is 2.46 bits per heavy atom. The number of benzene rings is 2. The molecule has 0 aliphatic heterocycles. The molecule has 4 nitrogen and oxygen atoms in total. The van der Waals surface area contributed by atoms with Crippen molar-refractivity contribution in [2.24, 2.45) is 0 Å². The van der Waals surface area contributed by atoms with Gasteiger partial charge < -0.3 is 14.6 Å². The minimum atomic E-state index is -0.0346. The monoisotopic (exact) mass is 348 g/mol. The SMILES string of the molecule is CCOc1ccc(NC(=O)CC(c2cccc(C)c2)n2cccc2)cc1. The van der Waals surface area contributed by atoms with Crippen LogP contribution in [0.15, 0.2) is 73.1 Å². The Labute approximate surface area is 154 Å². The highest BCUT2D eigenvalue weighted by molar-refractivity contribution is 5.91. The zero-order valence-corrected chi connectivity index (χ0v) is 15.2. The fourth-order valence-electron chi connectivity index (χ4n) is 3.02. The van der Waals surface area contributed by atoms with E-state index in [4.69, 9.17) is 4.74 Å². The molecule has 1 amide bonds. The zero-order valence-electron chi connectivity index (χ0n) is 15.2. The number of carbonyl (C=O) groups excluding carboxylic acids is 1. The van der Waals surface area contributed by atoms with Gasteiger partial charge in [-0.05, 0) is 55.8 Å². The number of rotatable bonds is 7. The predicted octanol–water partition coefficient (Wildman–Crippen LogP) is 4.81. The van der Waals surface area contributed by atoms with Crippen LogP contribution in [0.3, 0.4) is 0 Å². The Hall–Kier alpha value is -3.01. The van der Waals surface area contributed by atoms with Crippen LogP contribution < -0.4 is 10.1 Å². The fraction of sp³-hybridized carbons (Fsp3) is 0.227. The summed E-state index contributed by atoms with van der Waals surface area (Å²) < 4.78 is 7.51. The molecule has 2 aromatic carbocycles. The highest BCUT2D eigenvalue weighted by Gasteiger charge is 2.17. The van der Waals surface area contributed by atoms with Crippen molar-refractivity contribution < 1.29 is 9.53 Å². The van der Waals surface area contributed by atoms with Crippen LogP contribution in [0.5, 0.6) is 5.75 Å². The number of nitrogens with one attached hydrogen (secondary N) is 1. The maximum atomic E-state index is 12.6. The molecule has 4 heteroatoms. The molecule has 1 heterocycles. The Balaban J connectivity index is 1.73. The first-order valence-electron chi connectivity index (χ1n) is 8.87. The first-order valence-corrected chi connectivity index (χ1v) is 8.87. The highest BCUT2D eigenvalue weighted by Crippen LogP contribution is 2.24. The molecule has 3 aromatic rings. The van der Waals surface area contributed by atoms with Crippen molar-refractivity contribution in [3.63, 3.8) is 0 Å². The van der Waals surface area contributed by atoms with Gasteiger partial charge in [0.25, 0.3) is 0 Å². The number of amides is 1. The van der Waals surface area contributed by atoms with Crippen LogP contribution in [-0.4, -0.2) is 17.1 Å². The molecule has 0 aliphatic carbocycles. The van der Waals surface area contributed by atoms with Crippen molar-refractivity contribution in [1.82, 2.24) is 4.57 Å². The first-order chi connectivity index (χ1) is 12.7. The second-order valence-electron chi connectivity index (χ2n) is 6.27. The highest BCUT2D eigenvalue weighted by atomic mass is 16.5. The van der Waals surface area contributed by atoms with Crippen LogP contribution in [0.4, 0.5) is 5.69 Å². The summed E-state index contributed by atoms with van der Waals surface area (Å²) in [6.45, 7) is 4.64. The summed E-state index contributed by atoms with van der Waals surface area (Å²) in [5, 5.41) is 2.98. The molecule has 0 saturated carbocycles. The first kappa shape index (κ1) is 17.8. The quantitative estimate of drug-likeness (QED) is 0.665. The number of anilines is 1. The van der Waals surface area contributed by atoms with Gasteiger partial charge in [0, 0.05) is 18.1 Å². The lowest BCUT2D eigenvalue weighted by Gasteiger charge is -2.20. The van der Waals surface area contributed by atoms with Crippen LogP contribution in [-0.2, 0) is 4.79 Å². The number of aryl methyl sites for hydroxylation is 1. The molecule has 1 unspecified atom stereocenters. The summed E-state index contributed by atoms with van der Waals surface area (Å²) >= 11 is 0. The molecule has 0 bridgehead atoms. The summed E-state index contributed by atoms with van der Waals surface area (Å²) in [5.74, 6) is 0.782. The van der Waals surface area contributed by atoms with E-state index in [-0.39, 0.29) is 11.9 Å². The number of aromatic nitrogens is 1. The summed E-state index contributed by atoms with van der Waals surface area (Å²) in [6.07, 6.45) is 4.36. The average Bonchev–Trinajstić information content (AvgIpc) is 3.16. The molecule has 0 fully saturated rings. The topological polar surface area (TPSA) is 43.3 Å². The van der Waals surface area contributed by atoms with Gasteiger partial charge in [-0.25, -0.2) is 0 Å². The third kappa shape index (κ3) is 4.54. The van der Waals surface area contributed by atoms with Gasteiger partial charge in [-0.1, -0.05) is 29.8 Å². The van der Waals surface area contributed by atoms with Crippen LogP contribution >= 0.6 is 0 Å². The van der Waals surface area contributed by atoms with E-state index in [1.54, 1.807) is 0 Å². The van der Waals surface area contributed by atoms with Gasteiger partial charge in [0.05, 0.1) is 19.1 Å². The molecule has 26 heavy (non-hydrogen) atoms. The largest absolute Gasteiger partial charge is 0.494 e. The molecule has 134 valence electrons. The number of hydrogen-bond acceptors (Lipinski definition) is 2. The van der Waals surface area contributed by atoms with Crippen LogP contribution in [0, 0.1) is 6.92 Å². The van der Waals surface area contributed by atoms with E-state index < -0.39 is 0 Å².